The molecule has 0 fully saturated rings. The highest BCUT2D eigenvalue weighted by Crippen LogP contribution is 2.32. The third kappa shape index (κ3) is 2.22. The van der Waals surface area contributed by atoms with Crippen molar-refractivity contribution in [2.45, 2.75) is 19.8 Å². The molecule has 2 amide bonds. The molecule has 0 aromatic heterocycles. The number of fused-ring (bicyclic) bond motifs is 1. The van der Waals surface area contributed by atoms with Crippen molar-refractivity contribution in [2.75, 3.05) is 23.3 Å². The average molecular weight is 247 g/mol. The van der Waals surface area contributed by atoms with E-state index < -0.39 is 0 Å². The quantitative estimate of drug-likeness (QED) is 0.814. The van der Waals surface area contributed by atoms with E-state index in [4.69, 9.17) is 5.73 Å². The molecule has 1 aromatic rings. The molecule has 0 saturated heterocycles. The third-order valence-electron chi connectivity index (χ3n) is 3.08. The van der Waals surface area contributed by atoms with Crippen LogP contribution in [-0.4, -0.2) is 24.9 Å². The van der Waals surface area contributed by atoms with Crippen molar-refractivity contribution in [3.8, 4) is 0 Å². The fourth-order valence-corrected chi connectivity index (χ4v) is 2.19. The van der Waals surface area contributed by atoms with Crippen molar-refractivity contribution in [1.29, 1.82) is 0 Å². The van der Waals surface area contributed by atoms with Gasteiger partial charge in [0.2, 0.25) is 11.8 Å². The maximum atomic E-state index is 11.9. The maximum absolute atomic E-state index is 11.9. The number of benzene rings is 1. The predicted molar refractivity (Wildman–Crippen MR) is 70.5 cm³/mol. The maximum Gasteiger partial charge on any atom is 0.240 e. The number of hydrogen-bond acceptors (Lipinski definition) is 3. The van der Waals surface area contributed by atoms with Crippen LogP contribution in [0.1, 0.15) is 18.9 Å². The van der Waals surface area contributed by atoms with E-state index in [1.54, 1.807) is 4.90 Å². The van der Waals surface area contributed by atoms with Gasteiger partial charge in [0, 0.05) is 13.0 Å². The largest absolute Gasteiger partial charge is 0.324 e. The van der Waals surface area contributed by atoms with Crippen LogP contribution < -0.4 is 16.0 Å². The molecule has 1 aliphatic rings. The normalized spacial score (nSPS) is 14.8. The van der Waals surface area contributed by atoms with Crippen molar-refractivity contribution in [3.63, 3.8) is 0 Å². The molecule has 1 heterocycles. The number of anilines is 2. The van der Waals surface area contributed by atoms with Crippen LogP contribution in [0.5, 0.6) is 0 Å². The van der Waals surface area contributed by atoms with Gasteiger partial charge in [0.05, 0.1) is 17.9 Å². The zero-order valence-corrected chi connectivity index (χ0v) is 10.4. The molecule has 0 atom stereocenters. The van der Waals surface area contributed by atoms with Gasteiger partial charge in [0.25, 0.3) is 0 Å². The highest BCUT2D eigenvalue weighted by Gasteiger charge is 2.24. The summed E-state index contributed by atoms with van der Waals surface area (Å²) >= 11 is 0. The van der Waals surface area contributed by atoms with E-state index in [2.05, 4.69) is 5.32 Å². The summed E-state index contributed by atoms with van der Waals surface area (Å²) < 4.78 is 0. The summed E-state index contributed by atoms with van der Waals surface area (Å²) in [5.41, 5.74) is 7.97. The fraction of sp³-hybridized carbons (Fsp3) is 0.385. The topological polar surface area (TPSA) is 75.4 Å². The molecule has 0 bridgehead atoms. The Balaban J connectivity index is 2.54. The molecule has 96 valence electrons. The lowest BCUT2D eigenvalue weighted by atomic mass is 10.1. The summed E-state index contributed by atoms with van der Waals surface area (Å²) in [5.74, 6) is -0.231. The van der Waals surface area contributed by atoms with Crippen LogP contribution in [0, 0.1) is 0 Å². The second-order valence-electron chi connectivity index (χ2n) is 4.21. The number of carbonyl (C=O) groups is 2. The van der Waals surface area contributed by atoms with Crippen LogP contribution in [0.3, 0.4) is 0 Å². The number of amides is 2. The van der Waals surface area contributed by atoms with Gasteiger partial charge in [-0.05, 0) is 18.1 Å². The molecule has 0 radical (unpaired) electrons. The molecule has 2 rings (SSSR count). The Bertz CT molecular complexity index is 485. The highest BCUT2D eigenvalue weighted by atomic mass is 16.2. The number of nitrogens with zero attached hydrogens (tertiary/aromatic N) is 1. The minimum atomic E-state index is -0.159. The Hall–Kier alpha value is -1.88. The van der Waals surface area contributed by atoms with Crippen LogP contribution in [0.4, 0.5) is 11.4 Å². The van der Waals surface area contributed by atoms with E-state index >= 15 is 0 Å². The van der Waals surface area contributed by atoms with Gasteiger partial charge in [0.1, 0.15) is 0 Å². The Labute approximate surface area is 106 Å². The second-order valence-corrected chi connectivity index (χ2v) is 4.21. The molecule has 0 unspecified atom stereocenters. The van der Waals surface area contributed by atoms with Crippen LogP contribution >= 0.6 is 0 Å². The molecule has 0 aliphatic carbocycles. The lowest BCUT2D eigenvalue weighted by Crippen LogP contribution is -2.37. The van der Waals surface area contributed by atoms with Gasteiger partial charge in [-0.15, -0.1) is 0 Å². The van der Waals surface area contributed by atoms with E-state index in [9.17, 15) is 9.59 Å². The third-order valence-corrected chi connectivity index (χ3v) is 3.08. The van der Waals surface area contributed by atoms with Gasteiger partial charge < -0.3 is 16.0 Å². The number of nitrogens with two attached hydrogens (primary N) is 1. The minimum absolute atomic E-state index is 0.0499. The fourth-order valence-electron chi connectivity index (χ4n) is 2.19. The van der Waals surface area contributed by atoms with Gasteiger partial charge in [-0.1, -0.05) is 19.1 Å². The first-order valence-electron chi connectivity index (χ1n) is 6.09. The van der Waals surface area contributed by atoms with Gasteiger partial charge in [-0.25, -0.2) is 0 Å². The lowest BCUT2D eigenvalue weighted by molar-refractivity contribution is -0.117. The summed E-state index contributed by atoms with van der Waals surface area (Å²) in [6.45, 7) is 2.35. The minimum Gasteiger partial charge on any atom is -0.324 e. The van der Waals surface area contributed by atoms with Gasteiger partial charge >= 0.3 is 0 Å². The number of para-hydroxylation sites is 1. The first-order chi connectivity index (χ1) is 8.67. The molecular weight excluding hydrogens is 230 g/mol. The number of aryl methyl sites for hydroxylation is 1. The summed E-state index contributed by atoms with van der Waals surface area (Å²) in [4.78, 5) is 25.2. The van der Waals surface area contributed by atoms with Crippen LogP contribution in [0.15, 0.2) is 18.2 Å². The second kappa shape index (κ2) is 5.18. The van der Waals surface area contributed by atoms with Crippen molar-refractivity contribution < 1.29 is 9.59 Å². The van der Waals surface area contributed by atoms with E-state index in [1.165, 1.54) is 0 Å². The Morgan fingerprint density at radius 3 is 2.94 bits per heavy atom. The zero-order chi connectivity index (χ0) is 13.1. The predicted octanol–water partition coefficient (Wildman–Crippen LogP) is 0.883. The highest BCUT2D eigenvalue weighted by molar-refractivity contribution is 6.05. The average Bonchev–Trinajstić information content (AvgIpc) is 2.55. The first kappa shape index (κ1) is 12.6. The Kier molecular flexibility index (Phi) is 3.62. The molecule has 1 aliphatic heterocycles. The first-order valence-corrected chi connectivity index (χ1v) is 6.09. The van der Waals surface area contributed by atoms with Crippen molar-refractivity contribution >= 4 is 23.2 Å². The molecule has 0 saturated carbocycles. The monoisotopic (exact) mass is 247 g/mol. The molecule has 5 heteroatoms. The number of rotatable bonds is 2. The summed E-state index contributed by atoms with van der Waals surface area (Å²) in [5, 5.41) is 2.83. The smallest absolute Gasteiger partial charge is 0.240 e. The van der Waals surface area contributed by atoms with E-state index in [-0.39, 0.29) is 18.4 Å². The molecule has 18 heavy (non-hydrogen) atoms. The molecular formula is C13H17N3O2. The summed E-state index contributed by atoms with van der Waals surface area (Å²) in [6, 6.07) is 5.66. The van der Waals surface area contributed by atoms with Crippen molar-refractivity contribution in [2.24, 2.45) is 5.73 Å². The Morgan fingerprint density at radius 1 is 1.50 bits per heavy atom. The molecule has 3 N–H and O–H groups in total. The van der Waals surface area contributed by atoms with E-state index in [0.29, 0.717) is 18.7 Å². The SMILES string of the molecule is CCc1cccc2c1N(C(=O)CN)CCC(=O)N2. The molecule has 5 nitrogen and oxygen atoms in total. The number of carbonyl (C=O) groups excluding carboxylic acids is 2. The zero-order valence-electron chi connectivity index (χ0n) is 10.4. The van der Waals surface area contributed by atoms with Crippen molar-refractivity contribution in [3.05, 3.63) is 23.8 Å². The van der Waals surface area contributed by atoms with Crippen molar-refractivity contribution in [1.82, 2.24) is 0 Å². The molecule has 1 aromatic carbocycles. The van der Waals surface area contributed by atoms with Gasteiger partial charge in [-0.3, -0.25) is 9.59 Å². The van der Waals surface area contributed by atoms with Crippen LogP contribution in [0.2, 0.25) is 0 Å². The van der Waals surface area contributed by atoms with Crippen LogP contribution in [0.25, 0.3) is 0 Å². The van der Waals surface area contributed by atoms with E-state index in [1.807, 2.05) is 25.1 Å². The number of hydrogen-bond donors (Lipinski definition) is 2. The standard InChI is InChI=1S/C13H17N3O2/c1-2-9-4-3-5-10-13(9)16(12(18)8-14)7-6-11(17)15-10/h3-5H,2,6-8,14H2,1H3,(H,15,17). The summed E-state index contributed by atoms with van der Waals surface area (Å²) in [7, 11) is 0. The lowest BCUT2D eigenvalue weighted by Gasteiger charge is -2.24. The Morgan fingerprint density at radius 2 is 2.28 bits per heavy atom. The summed E-state index contributed by atoms with van der Waals surface area (Å²) in [6.07, 6.45) is 1.09. The van der Waals surface area contributed by atoms with Gasteiger partial charge in [-0.2, -0.15) is 0 Å². The molecule has 0 spiro atoms. The van der Waals surface area contributed by atoms with E-state index in [0.717, 1.165) is 17.7 Å². The number of nitrogens with one attached hydrogen (secondary N) is 1. The van der Waals surface area contributed by atoms with Crippen LogP contribution in [-0.2, 0) is 16.0 Å². The van der Waals surface area contributed by atoms with Gasteiger partial charge in [0.15, 0.2) is 0 Å².